The molecule has 1 aliphatic heterocycles. The summed E-state index contributed by atoms with van der Waals surface area (Å²) in [4.78, 5) is 30.8. The van der Waals surface area contributed by atoms with Crippen LogP contribution in [-0.4, -0.2) is 48.5 Å². The number of hydrogen-bond donors (Lipinski definition) is 1. The highest BCUT2D eigenvalue weighted by Gasteiger charge is 2.32. The van der Waals surface area contributed by atoms with E-state index in [4.69, 9.17) is 4.74 Å². The summed E-state index contributed by atoms with van der Waals surface area (Å²) in [6, 6.07) is 27.9. The molecular formula is C29H33N3O3. The van der Waals surface area contributed by atoms with Crippen LogP contribution in [0.4, 0.5) is 4.79 Å². The van der Waals surface area contributed by atoms with E-state index in [2.05, 4.69) is 22.3 Å². The Morgan fingerprint density at radius 3 is 2.00 bits per heavy atom. The first-order valence-electron chi connectivity index (χ1n) is 12.2. The number of hydrogen-bond acceptors (Lipinski definition) is 4. The smallest absolute Gasteiger partial charge is 0.408 e. The Bertz CT molecular complexity index is 1070. The highest BCUT2D eigenvalue weighted by molar-refractivity contribution is 5.87. The monoisotopic (exact) mass is 471 g/mol. The van der Waals surface area contributed by atoms with Crippen molar-refractivity contribution in [3.63, 3.8) is 0 Å². The summed E-state index contributed by atoms with van der Waals surface area (Å²) in [5, 5.41) is 2.82. The molecular weight excluding hydrogens is 438 g/mol. The van der Waals surface area contributed by atoms with Crippen molar-refractivity contribution in [1.82, 2.24) is 15.1 Å². The molecule has 3 aromatic carbocycles. The zero-order valence-electron chi connectivity index (χ0n) is 20.2. The first-order valence-corrected chi connectivity index (χ1v) is 12.2. The molecule has 2 amide bonds. The van der Waals surface area contributed by atoms with E-state index < -0.39 is 12.1 Å². The summed E-state index contributed by atoms with van der Waals surface area (Å²) < 4.78 is 5.43. The fourth-order valence-electron chi connectivity index (χ4n) is 4.51. The largest absolute Gasteiger partial charge is 0.445 e. The highest BCUT2D eigenvalue weighted by Crippen LogP contribution is 2.26. The van der Waals surface area contributed by atoms with Crippen molar-refractivity contribution in [2.75, 3.05) is 26.7 Å². The van der Waals surface area contributed by atoms with Gasteiger partial charge in [-0.25, -0.2) is 4.79 Å². The van der Waals surface area contributed by atoms with E-state index in [-0.39, 0.29) is 18.6 Å². The van der Waals surface area contributed by atoms with E-state index in [1.54, 1.807) is 4.90 Å². The van der Waals surface area contributed by atoms with E-state index in [0.29, 0.717) is 5.56 Å². The van der Waals surface area contributed by atoms with Crippen LogP contribution in [0.2, 0.25) is 0 Å². The molecule has 0 bridgehead atoms. The molecule has 6 nitrogen and oxygen atoms in total. The van der Waals surface area contributed by atoms with Crippen molar-refractivity contribution in [2.45, 2.75) is 31.5 Å². The summed E-state index contributed by atoms with van der Waals surface area (Å²) in [6.07, 6.45) is 1.74. The number of ether oxygens (including phenoxy) is 1. The minimum absolute atomic E-state index is 0.129. The number of amides is 2. The quantitative estimate of drug-likeness (QED) is 0.480. The molecule has 6 heteroatoms. The van der Waals surface area contributed by atoms with Gasteiger partial charge in [-0.05, 0) is 42.6 Å². The van der Waals surface area contributed by atoms with Crippen LogP contribution in [0.3, 0.4) is 0 Å². The van der Waals surface area contributed by atoms with Crippen LogP contribution in [-0.2, 0) is 16.1 Å². The van der Waals surface area contributed by atoms with Gasteiger partial charge in [0.2, 0.25) is 5.91 Å². The molecule has 1 saturated heterocycles. The SMILES string of the molecule is CN(C(=O)[C@@H](NC(=O)OCc1ccccc1)c1ccccc1)[C@H](CN1CCCC1)c1ccccc1. The van der Waals surface area contributed by atoms with Gasteiger partial charge in [-0.2, -0.15) is 0 Å². The summed E-state index contributed by atoms with van der Waals surface area (Å²) >= 11 is 0. The van der Waals surface area contributed by atoms with Gasteiger partial charge in [-0.1, -0.05) is 91.0 Å². The Labute approximate surface area is 207 Å². The van der Waals surface area contributed by atoms with Gasteiger partial charge in [0.15, 0.2) is 0 Å². The summed E-state index contributed by atoms with van der Waals surface area (Å²) in [7, 11) is 1.82. The lowest BCUT2D eigenvalue weighted by Gasteiger charge is -2.34. The third-order valence-electron chi connectivity index (χ3n) is 6.48. The Morgan fingerprint density at radius 2 is 1.40 bits per heavy atom. The Hall–Kier alpha value is -3.64. The number of likely N-dealkylation sites (tertiary alicyclic amines) is 1. The Balaban J connectivity index is 1.53. The molecule has 1 fully saturated rings. The lowest BCUT2D eigenvalue weighted by molar-refractivity contribution is -0.134. The third kappa shape index (κ3) is 6.70. The predicted octanol–water partition coefficient (Wildman–Crippen LogP) is 4.95. The zero-order valence-corrected chi connectivity index (χ0v) is 20.2. The maximum atomic E-state index is 13.9. The topological polar surface area (TPSA) is 61.9 Å². The molecule has 0 radical (unpaired) electrons. The molecule has 0 aromatic heterocycles. The summed E-state index contributed by atoms with van der Waals surface area (Å²) in [5.41, 5.74) is 2.68. The fourth-order valence-corrected chi connectivity index (χ4v) is 4.51. The second kappa shape index (κ2) is 12.2. The number of likely N-dealkylation sites (N-methyl/N-ethyl adjacent to an activating group) is 1. The normalized spacial score (nSPS) is 15.2. The van der Waals surface area contributed by atoms with Crippen LogP contribution in [0.5, 0.6) is 0 Å². The Morgan fingerprint density at radius 1 is 0.857 bits per heavy atom. The number of carbonyl (C=O) groups is 2. The van der Waals surface area contributed by atoms with Crippen LogP contribution in [0.25, 0.3) is 0 Å². The average molecular weight is 472 g/mol. The maximum Gasteiger partial charge on any atom is 0.408 e. The van der Waals surface area contributed by atoms with Crippen LogP contribution < -0.4 is 5.32 Å². The lowest BCUT2D eigenvalue weighted by atomic mass is 10.0. The summed E-state index contributed by atoms with van der Waals surface area (Å²) in [6.45, 7) is 2.97. The van der Waals surface area contributed by atoms with Crippen LogP contribution in [0.1, 0.15) is 41.6 Å². The minimum atomic E-state index is -0.853. The van der Waals surface area contributed by atoms with Crippen molar-refractivity contribution in [3.8, 4) is 0 Å². The molecule has 3 aromatic rings. The van der Waals surface area contributed by atoms with Gasteiger partial charge in [0.1, 0.15) is 12.6 Å². The number of nitrogens with one attached hydrogen (secondary N) is 1. The number of rotatable bonds is 9. The molecule has 0 unspecified atom stereocenters. The van der Waals surface area contributed by atoms with Crippen LogP contribution in [0, 0.1) is 0 Å². The molecule has 182 valence electrons. The zero-order chi connectivity index (χ0) is 24.5. The van der Waals surface area contributed by atoms with Gasteiger partial charge >= 0.3 is 6.09 Å². The van der Waals surface area contributed by atoms with Crippen molar-refractivity contribution in [1.29, 1.82) is 0 Å². The van der Waals surface area contributed by atoms with E-state index in [1.165, 1.54) is 12.8 Å². The number of alkyl carbamates (subject to hydrolysis) is 1. The van der Waals surface area contributed by atoms with Crippen molar-refractivity contribution >= 4 is 12.0 Å². The molecule has 1 aliphatic rings. The van der Waals surface area contributed by atoms with Crippen LogP contribution >= 0.6 is 0 Å². The highest BCUT2D eigenvalue weighted by atomic mass is 16.5. The van der Waals surface area contributed by atoms with Crippen molar-refractivity contribution in [2.24, 2.45) is 0 Å². The molecule has 0 saturated carbocycles. The van der Waals surface area contributed by atoms with Gasteiger partial charge in [0.05, 0.1) is 6.04 Å². The molecule has 1 heterocycles. The number of carbonyl (C=O) groups excluding carboxylic acids is 2. The van der Waals surface area contributed by atoms with E-state index in [0.717, 1.165) is 30.8 Å². The molecule has 35 heavy (non-hydrogen) atoms. The molecule has 0 aliphatic carbocycles. The first kappa shape index (κ1) is 24.5. The minimum Gasteiger partial charge on any atom is -0.445 e. The van der Waals surface area contributed by atoms with E-state index in [1.807, 2.05) is 85.9 Å². The van der Waals surface area contributed by atoms with Gasteiger partial charge in [-0.3, -0.25) is 4.79 Å². The van der Waals surface area contributed by atoms with Crippen molar-refractivity contribution < 1.29 is 14.3 Å². The second-order valence-electron chi connectivity index (χ2n) is 8.93. The fraction of sp³-hybridized carbons (Fsp3) is 0.310. The maximum absolute atomic E-state index is 13.9. The predicted molar refractivity (Wildman–Crippen MR) is 137 cm³/mol. The molecule has 1 N–H and O–H groups in total. The van der Waals surface area contributed by atoms with E-state index >= 15 is 0 Å². The van der Waals surface area contributed by atoms with E-state index in [9.17, 15) is 9.59 Å². The number of benzene rings is 3. The average Bonchev–Trinajstić information content (AvgIpc) is 3.43. The van der Waals surface area contributed by atoms with Gasteiger partial charge in [0, 0.05) is 13.6 Å². The van der Waals surface area contributed by atoms with Crippen molar-refractivity contribution in [3.05, 3.63) is 108 Å². The standard InChI is InChI=1S/C29H33N3O3/c1-31(26(21-32-19-11-12-20-32)24-15-7-3-8-16-24)28(33)27(25-17-9-4-10-18-25)30-29(34)35-22-23-13-5-2-6-14-23/h2-10,13-18,26-27H,11-12,19-22H2,1H3,(H,30,34)/t26-,27+/m1/s1. The number of nitrogens with zero attached hydrogens (tertiary/aromatic N) is 2. The molecule has 0 spiro atoms. The second-order valence-corrected chi connectivity index (χ2v) is 8.93. The first-order chi connectivity index (χ1) is 17.1. The van der Waals surface area contributed by atoms with Gasteiger partial charge in [-0.15, -0.1) is 0 Å². The Kier molecular flexibility index (Phi) is 8.52. The lowest BCUT2D eigenvalue weighted by Crippen LogP contribution is -2.45. The molecule has 4 rings (SSSR count). The third-order valence-corrected chi connectivity index (χ3v) is 6.48. The van der Waals surface area contributed by atoms with Gasteiger partial charge < -0.3 is 19.9 Å². The molecule has 2 atom stereocenters. The van der Waals surface area contributed by atoms with Crippen LogP contribution in [0.15, 0.2) is 91.0 Å². The summed E-state index contributed by atoms with van der Waals surface area (Å²) in [5.74, 6) is -0.180. The van der Waals surface area contributed by atoms with Gasteiger partial charge in [0.25, 0.3) is 0 Å².